The summed E-state index contributed by atoms with van der Waals surface area (Å²) in [5.41, 5.74) is 0.409. The number of epoxide rings is 1. The summed E-state index contributed by atoms with van der Waals surface area (Å²) >= 11 is 0. The van der Waals surface area contributed by atoms with Crippen LogP contribution in [-0.2, 0) is 18.0 Å². The molecule has 0 radical (unpaired) electrons. The van der Waals surface area contributed by atoms with Crippen molar-refractivity contribution >= 4 is 8.80 Å². The summed E-state index contributed by atoms with van der Waals surface area (Å²) < 4.78 is 21.9. The fourth-order valence-corrected chi connectivity index (χ4v) is 5.02. The molecule has 0 aromatic rings. The number of rotatable bonds is 4. The van der Waals surface area contributed by atoms with Gasteiger partial charge in [-0.25, -0.2) is 0 Å². The minimum atomic E-state index is -2.41. The van der Waals surface area contributed by atoms with Gasteiger partial charge in [0.25, 0.3) is 0 Å². The van der Waals surface area contributed by atoms with Gasteiger partial charge in [0, 0.05) is 26.9 Å². The highest BCUT2D eigenvalue weighted by Gasteiger charge is 2.55. The molecule has 1 saturated carbocycles. The van der Waals surface area contributed by atoms with E-state index < -0.39 is 8.80 Å². The van der Waals surface area contributed by atoms with Crippen molar-refractivity contribution in [2.75, 3.05) is 21.3 Å². The predicted molar refractivity (Wildman–Crippen MR) is 53.0 cm³/mol. The van der Waals surface area contributed by atoms with E-state index in [1.165, 1.54) is 0 Å². The topological polar surface area (TPSA) is 40.2 Å². The molecule has 0 aromatic heterocycles. The zero-order valence-electron chi connectivity index (χ0n) is 8.99. The SMILES string of the molecule is CO[Si](OC)(OC)[C@@H]1CC[C@H]2O[C@H]2C1. The first-order valence-corrected chi connectivity index (χ1v) is 6.87. The van der Waals surface area contributed by atoms with Gasteiger partial charge in [-0.1, -0.05) is 0 Å². The van der Waals surface area contributed by atoms with E-state index in [1.807, 2.05) is 0 Å². The van der Waals surface area contributed by atoms with Crippen molar-refractivity contribution in [2.45, 2.75) is 37.0 Å². The Morgan fingerprint density at radius 1 is 1.00 bits per heavy atom. The second-order valence-corrected chi connectivity index (χ2v) is 7.19. The van der Waals surface area contributed by atoms with Crippen molar-refractivity contribution in [2.24, 2.45) is 0 Å². The lowest BCUT2D eigenvalue weighted by Gasteiger charge is -2.33. The first-order chi connectivity index (χ1) is 6.75. The fourth-order valence-electron chi connectivity index (χ4n) is 2.48. The Morgan fingerprint density at radius 3 is 2.14 bits per heavy atom. The average molecular weight is 218 g/mol. The van der Waals surface area contributed by atoms with Crippen LogP contribution in [0.2, 0.25) is 5.54 Å². The number of ether oxygens (including phenoxy) is 1. The monoisotopic (exact) mass is 218 g/mol. The molecule has 82 valence electrons. The second kappa shape index (κ2) is 3.90. The molecule has 2 fully saturated rings. The molecule has 1 saturated heterocycles. The normalized spacial score (nSPS) is 36.6. The molecule has 5 heteroatoms. The number of hydrogen-bond donors (Lipinski definition) is 0. The Kier molecular flexibility index (Phi) is 2.95. The lowest BCUT2D eigenvalue weighted by molar-refractivity contribution is 0.106. The maximum absolute atomic E-state index is 5.49. The average Bonchev–Trinajstić information content (AvgIpc) is 2.99. The fraction of sp³-hybridized carbons (Fsp3) is 1.00. The summed E-state index contributed by atoms with van der Waals surface area (Å²) in [7, 11) is 2.63. The molecule has 1 aliphatic heterocycles. The lowest BCUT2D eigenvalue weighted by atomic mass is 10.0. The molecular weight excluding hydrogens is 200 g/mol. The van der Waals surface area contributed by atoms with Gasteiger partial charge < -0.3 is 18.0 Å². The molecule has 14 heavy (non-hydrogen) atoms. The van der Waals surface area contributed by atoms with E-state index in [4.69, 9.17) is 18.0 Å². The molecule has 1 aliphatic carbocycles. The molecule has 0 bridgehead atoms. The van der Waals surface area contributed by atoms with Crippen LogP contribution in [0.4, 0.5) is 0 Å². The first kappa shape index (κ1) is 10.6. The zero-order valence-corrected chi connectivity index (χ0v) is 9.99. The Balaban J connectivity index is 2.02. The quantitative estimate of drug-likeness (QED) is 0.525. The molecule has 0 N–H and O–H groups in total. The van der Waals surface area contributed by atoms with Crippen molar-refractivity contribution < 1.29 is 18.0 Å². The highest BCUT2D eigenvalue weighted by Crippen LogP contribution is 2.46. The van der Waals surface area contributed by atoms with Crippen molar-refractivity contribution in [3.63, 3.8) is 0 Å². The molecule has 2 rings (SSSR count). The molecule has 0 amide bonds. The van der Waals surface area contributed by atoms with Crippen LogP contribution in [0, 0.1) is 0 Å². The Morgan fingerprint density at radius 2 is 1.64 bits per heavy atom. The standard InChI is InChI=1S/C9H18O4Si/c1-10-14(11-2,12-3)7-4-5-8-9(6-7)13-8/h7-9H,4-6H2,1-3H3/t7-,8-,9+/m1/s1. The van der Waals surface area contributed by atoms with Crippen molar-refractivity contribution in [3.8, 4) is 0 Å². The summed E-state index contributed by atoms with van der Waals surface area (Å²) in [6, 6.07) is 0. The molecular formula is C9H18O4Si. The first-order valence-electron chi connectivity index (χ1n) is 5.06. The van der Waals surface area contributed by atoms with Crippen LogP contribution < -0.4 is 0 Å². The highest BCUT2D eigenvalue weighted by molar-refractivity contribution is 6.62. The van der Waals surface area contributed by atoms with Gasteiger partial charge in [-0.15, -0.1) is 0 Å². The van der Waals surface area contributed by atoms with Crippen LogP contribution >= 0.6 is 0 Å². The number of hydrogen-bond acceptors (Lipinski definition) is 4. The summed E-state index contributed by atoms with van der Waals surface area (Å²) in [6.07, 6.45) is 4.22. The van der Waals surface area contributed by atoms with Crippen LogP contribution in [0.1, 0.15) is 19.3 Å². The number of fused-ring (bicyclic) bond motifs is 1. The van der Waals surface area contributed by atoms with Crippen LogP contribution in [0.5, 0.6) is 0 Å². The van der Waals surface area contributed by atoms with Crippen molar-refractivity contribution in [1.82, 2.24) is 0 Å². The van der Waals surface area contributed by atoms with Gasteiger partial charge in [-0.05, 0) is 19.3 Å². The van der Waals surface area contributed by atoms with Gasteiger partial charge in [0.15, 0.2) is 0 Å². The zero-order chi connectivity index (χ0) is 10.2. The maximum Gasteiger partial charge on any atom is 0.503 e. The third-order valence-corrected chi connectivity index (χ3v) is 6.59. The highest BCUT2D eigenvalue weighted by atomic mass is 28.4. The molecule has 3 atom stereocenters. The van der Waals surface area contributed by atoms with E-state index in [0.29, 0.717) is 17.7 Å². The molecule has 1 heterocycles. The summed E-state index contributed by atoms with van der Waals surface area (Å²) in [5, 5.41) is 0. The Hall–Kier alpha value is 0.0569. The van der Waals surface area contributed by atoms with E-state index >= 15 is 0 Å². The largest absolute Gasteiger partial charge is 0.503 e. The van der Waals surface area contributed by atoms with Gasteiger partial charge in [0.2, 0.25) is 0 Å². The van der Waals surface area contributed by atoms with Crippen LogP contribution in [0.25, 0.3) is 0 Å². The Labute approximate surface area is 85.9 Å². The Bertz CT molecular complexity index is 199. The van der Waals surface area contributed by atoms with Crippen LogP contribution in [0.3, 0.4) is 0 Å². The smallest absolute Gasteiger partial charge is 0.377 e. The molecule has 0 aromatic carbocycles. The molecule has 2 aliphatic rings. The minimum Gasteiger partial charge on any atom is -0.377 e. The van der Waals surface area contributed by atoms with Gasteiger partial charge in [-0.2, -0.15) is 0 Å². The third-order valence-electron chi connectivity index (χ3n) is 3.36. The van der Waals surface area contributed by atoms with E-state index in [-0.39, 0.29) is 0 Å². The van der Waals surface area contributed by atoms with Crippen molar-refractivity contribution in [3.05, 3.63) is 0 Å². The lowest BCUT2D eigenvalue weighted by Crippen LogP contribution is -2.48. The van der Waals surface area contributed by atoms with Gasteiger partial charge in [-0.3, -0.25) is 0 Å². The molecule has 4 nitrogen and oxygen atoms in total. The summed E-state index contributed by atoms with van der Waals surface area (Å²) in [5.74, 6) is 0. The van der Waals surface area contributed by atoms with E-state index in [1.54, 1.807) is 21.3 Å². The molecule has 0 unspecified atom stereocenters. The molecule has 0 spiro atoms. The van der Waals surface area contributed by atoms with E-state index in [0.717, 1.165) is 19.3 Å². The van der Waals surface area contributed by atoms with Gasteiger partial charge in [0.05, 0.1) is 12.2 Å². The summed E-state index contributed by atoms with van der Waals surface area (Å²) in [6.45, 7) is 0. The van der Waals surface area contributed by atoms with Crippen molar-refractivity contribution in [1.29, 1.82) is 0 Å². The van der Waals surface area contributed by atoms with Crippen LogP contribution in [-0.4, -0.2) is 42.3 Å². The third kappa shape index (κ3) is 1.63. The van der Waals surface area contributed by atoms with Crippen LogP contribution in [0.15, 0.2) is 0 Å². The van der Waals surface area contributed by atoms with Gasteiger partial charge >= 0.3 is 8.80 Å². The maximum atomic E-state index is 5.49. The summed E-state index contributed by atoms with van der Waals surface area (Å²) in [4.78, 5) is 0. The van der Waals surface area contributed by atoms with E-state index in [9.17, 15) is 0 Å². The van der Waals surface area contributed by atoms with Gasteiger partial charge in [0.1, 0.15) is 0 Å². The predicted octanol–water partition coefficient (Wildman–Crippen LogP) is 1.19. The van der Waals surface area contributed by atoms with E-state index in [2.05, 4.69) is 0 Å². The second-order valence-electron chi connectivity index (χ2n) is 3.94. The minimum absolute atomic E-state index is 0.409.